The predicted octanol–water partition coefficient (Wildman–Crippen LogP) is 4.61. The van der Waals surface area contributed by atoms with E-state index in [1.54, 1.807) is 0 Å². The number of aliphatic hydroxyl groups is 1. The first-order valence-electron chi connectivity index (χ1n) is 25.0. The van der Waals surface area contributed by atoms with Crippen molar-refractivity contribution < 1.29 is 119 Å². The molecule has 0 aliphatic rings. The van der Waals surface area contributed by atoms with Crippen molar-refractivity contribution in [3.05, 3.63) is 89.5 Å². The minimum absolute atomic E-state index is 0.107. The highest BCUT2D eigenvalue weighted by atomic mass is 16.6. The number of rotatable bonds is 35. The molecule has 3 aromatic carbocycles. The number of ether oxygens (including phenoxy) is 12. The molecule has 0 saturated heterocycles. The number of para-hydroxylation sites is 3. The molecule has 428 valence electrons. The summed E-state index contributed by atoms with van der Waals surface area (Å²) in [6, 6.07) is 15.3. The number of unbranched alkanes of at least 4 members (excludes halogenated alkanes) is 6. The van der Waals surface area contributed by atoms with Crippen molar-refractivity contribution >= 4 is 71.6 Å². The molecule has 79 heavy (non-hydrogen) atoms. The Bertz CT molecular complexity index is 2470. The van der Waals surface area contributed by atoms with Gasteiger partial charge in [-0.15, -0.1) is 0 Å². The highest BCUT2D eigenvalue weighted by Crippen LogP contribution is 2.24. The number of benzene rings is 3. The maximum absolute atomic E-state index is 13.5. The molecule has 0 amide bonds. The standard InChI is InChI=1S/C54H62O25/c1-4-7-16-25-68-44(57)30-73-50(63)36-19-10-13-22-39(36)77-47(60)33-71-42(55)28-54(67,53(66)76-35-49(62)79-41-24-15-12-21-38(41)52(65)75-32-46(59)70-27-18-9-6-3)29-43(56)72-34-48(61)78-40-23-14-11-20-37(40)51(64)74-31-45(58)69-26-17-8-5-2/h10-15,19-24,67H,4-9,16-18,25-35H2,1-3H3. The molecule has 0 fully saturated rings. The van der Waals surface area contributed by atoms with Crippen LogP contribution in [-0.4, -0.2) is 142 Å². The van der Waals surface area contributed by atoms with Gasteiger partial charge in [0.05, 0.1) is 32.7 Å². The smallest absolute Gasteiger partial charge is 0.349 e. The number of hydrogen-bond acceptors (Lipinski definition) is 25. The highest BCUT2D eigenvalue weighted by Gasteiger charge is 2.44. The van der Waals surface area contributed by atoms with E-state index in [2.05, 4.69) is 0 Å². The summed E-state index contributed by atoms with van der Waals surface area (Å²) in [7, 11) is 0. The van der Waals surface area contributed by atoms with Gasteiger partial charge in [0.2, 0.25) is 0 Å². The first-order valence-corrected chi connectivity index (χ1v) is 25.0. The van der Waals surface area contributed by atoms with Crippen molar-refractivity contribution in [1.29, 1.82) is 0 Å². The average molecular weight is 1110 g/mol. The van der Waals surface area contributed by atoms with E-state index in [0.29, 0.717) is 19.3 Å². The molecule has 0 aliphatic carbocycles. The topological polar surface area (TPSA) is 336 Å². The molecular formula is C54H62O25. The molecule has 25 nitrogen and oxygen atoms in total. The Hall–Kier alpha value is -8.74. The van der Waals surface area contributed by atoms with Crippen molar-refractivity contribution in [2.45, 2.75) is 97.0 Å². The minimum atomic E-state index is -3.30. The van der Waals surface area contributed by atoms with E-state index in [9.17, 15) is 62.6 Å². The van der Waals surface area contributed by atoms with E-state index in [0.717, 1.165) is 44.6 Å². The van der Waals surface area contributed by atoms with Crippen molar-refractivity contribution in [1.82, 2.24) is 0 Å². The van der Waals surface area contributed by atoms with Crippen molar-refractivity contribution in [3.63, 3.8) is 0 Å². The molecule has 0 aliphatic heterocycles. The zero-order valence-corrected chi connectivity index (χ0v) is 43.8. The monoisotopic (exact) mass is 1110 g/mol. The van der Waals surface area contributed by atoms with Gasteiger partial charge in [-0.3, -0.25) is 9.59 Å². The van der Waals surface area contributed by atoms with Gasteiger partial charge in [0.25, 0.3) is 0 Å². The van der Waals surface area contributed by atoms with Crippen LogP contribution in [0.5, 0.6) is 17.2 Å². The van der Waals surface area contributed by atoms with Gasteiger partial charge >= 0.3 is 71.6 Å². The predicted molar refractivity (Wildman–Crippen MR) is 266 cm³/mol. The normalized spacial score (nSPS) is 10.6. The fourth-order valence-electron chi connectivity index (χ4n) is 6.30. The van der Waals surface area contributed by atoms with Crippen LogP contribution in [-0.2, 0) is 85.8 Å². The third-order valence-corrected chi connectivity index (χ3v) is 10.3. The lowest BCUT2D eigenvalue weighted by Crippen LogP contribution is -2.46. The summed E-state index contributed by atoms with van der Waals surface area (Å²) < 4.78 is 60.0. The van der Waals surface area contributed by atoms with Crippen LogP contribution in [0.25, 0.3) is 0 Å². The third kappa shape index (κ3) is 24.9. The van der Waals surface area contributed by atoms with E-state index in [1.807, 2.05) is 20.8 Å². The summed E-state index contributed by atoms with van der Waals surface area (Å²) in [6.07, 6.45) is 3.88. The SMILES string of the molecule is CCCCCOC(=O)COC(=O)c1ccccc1OC(=O)COC(=O)CC(O)(CC(=O)OCC(=O)Oc1ccccc1C(=O)OCC(=O)OCCCCC)C(=O)OCC(=O)Oc1ccccc1C(=O)OCC(=O)OCCCCC. The molecule has 3 aromatic rings. The first-order chi connectivity index (χ1) is 37.9. The molecule has 0 aromatic heterocycles. The summed E-state index contributed by atoms with van der Waals surface area (Å²) in [5.41, 5.74) is -4.29. The number of carbonyl (C=O) groups excluding carboxylic acids is 12. The summed E-state index contributed by atoms with van der Waals surface area (Å²) in [5.74, 6) is -16.0. The Kier molecular flexibility index (Phi) is 29.1. The second-order valence-corrected chi connectivity index (χ2v) is 16.7. The van der Waals surface area contributed by atoms with E-state index in [-0.39, 0.29) is 36.5 Å². The summed E-state index contributed by atoms with van der Waals surface area (Å²) in [6.45, 7) is 0.101. The molecule has 0 saturated carbocycles. The molecular weight excluding hydrogens is 1050 g/mol. The lowest BCUT2D eigenvalue weighted by Gasteiger charge is -2.24. The zero-order valence-electron chi connectivity index (χ0n) is 43.8. The Balaban J connectivity index is 1.70. The number of carbonyl (C=O) groups is 12. The van der Waals surface area contributed by atoms with Crippen LogP contribution in [0.15, 0.2) is 72.8 Å². The van der Waals surface area contributed by atoms with Crippen molar-refractivity contribution in [2.75, 3.05) is 59.5 Å². The third-order valence-electron chi connectivity index (χ3n) is 10.3. The largest absolute Gasteiger partial charge is 0.463 e. The average Bonchev–Trinajstić information content (AvgIpc) is 3.44. The second kappa shape index (κ2) is 35.6. The van der Waals surface area contributed by atoms with E-state index >= 15 is 0 Å². The van der Waals surface area contributed by atoms with Crippen LogP contribution >= 0.6 is 0 Å². The van der Waals surface area contributed by atoms with Crippen LogP contribution in [0, 0.1) is 0 Å². The van der Waals surface area contributed by atoms with Crippen LogP contribution in [0.1, 0.15) is 122 Å². The molecule has 0 unspecified atom stereocenters. The van der Waals surface area contributed by atoms with Gasteiger partial charge in [-0.05, 0) is 55.7 Å². The van der Waals surface area contributed by atoms with Crippen molar-refractivity contribution in [3.8, 4) is 17.2 Å². The lowest BCUT2D eigenvalue weighted by molar-refractivity contribution is -0.180. The quantitative estimate of drug-likeness (QED) is 0.0363. The molecule has 0 atom stereocenters. The van der Waals surface area contributed by atoms with E-state index < -0.39 is 147 Å². The molecule has 3 rings (SSSR count). The summed E-state index contributed by atoms with van der Waals surface area (Å²) in [5, 5.41) is 11.5. The van der Waals surface area contributed by atoms with Gasteiger partial charge in [-0.25, -0.2) is 47.9 Å². The van der Waals surface area contributed by atoms with Crippen LogP contribution in [0.4, 0.5) is 0 Å². The maximum Gasteiger partial charge on any atom is 0.349 e. The zero-order chi connectivity index (χ0) is 58.0. The van der Waals surface area contributed by atoms with Crippen LogP contribution < -0.4 is 14.2 Å². The Morgan fingerprint density at radius 1 is 0.342 bits per heavy atom. The second-order valence-electron chi connectivity index (χ2n) is 16.7. The molecule has 0 spiro atoms. The molecule has 0 bridgehead atoms. The summed E-state index contributed by atoms with van der Waals surface area (Å²) >= 11 is 0. The fourth-order valence-corrected chi connectivity index (χ4v) is 6.30. The number of hydrogen-bond donors (Lipinski definition) is 1. The van der Waals surface area contributed by atoms with E-state index in [4.69, 9.17) is 56.8 Å². The summed E-state index contributed by atoms with van der Waals surface area (Å²) in [4.78, 5) is 153. The first kappa shape index (κ1) is 64.5. The van der Waals surface area contributed by atoms with Gasteiger partial charge in [0.15, 0.2) is 45.2 Å². The molecule has 1 N–H and O–H groups in total. The highest BCUT2D eigenvalue weighted by molar-refractivity contribution is 5.97. The lowest BCUT2D eigenvalue weighted by atomic mass is 9.95. The molecule has 0 radical (unpaired) electrons. The fraction of sp³-hybridized carbons (Fsp3) is 0.444. The van der Waals surface area contributed by atoms with Gasteiger partial charge in [0, 0.05) is 0 Å². The molecule has 25 heteroatoms. The van der Waals surface area contributed by atoms with Gasteiger partial charge in [-0.1, -0.05) is 95.7 Å². The minimum Gasteiger partial charge on any atom is -0.463 e. The number of esters is 12. The van der Waals surface area contributed by atoms with Crippen molar-refractivity contribution in [2.24, 2.45) is 0 Å². The Morgan fingerprint density at radius 3 is 0.924 bits per heavy atom. The van der Waals surface area contributed by atoms with Crippen LogP contribution in [0.3, 0.4) is 0 Å². The van der Waals surface area contributed by atoms with E-state index in [1.165, 1.54) is 66.7 Å². The van der Waals surface area contributed by atoms with Gasteiger partial charge in [0.1, 0.15) is 33.9 Å². The Labute approximate surface area is 453 Å². The van der Waals surface area contributed by atoms with Gasteiger partial charge in [-0.2, -0.15) is 0 Å². The van der Waals surface area contributed by atoms with Gasteiger partial charge < -0.3 is 61.9 Å². The molecule has 0 heterocycles. The van der Waals surface area contributed by atoms with Crippen LogP contribution in [0.2, 0.25) is 0 Å². The Morgan fingerprint density at radius 2 is 0.620 bits per heavy atom. The maximum atomic E-state index is 13.5.